The number of carbonyl (C=O) groups is 1. The monoisotopic (exact) mass is 249 g/mol. The summed E-state index contributed by atoms with van der Waals surface area (Å²) in [5, 5.41) is 0. The lowest BCUT2D eigenvalue weighted by Gasteiger charge is -2.05. The summed E-state index contributed by atoms with van der Waals surface area (Å²) in [4.78, 5) is 10.5. The molecule has 0 saturated heterocycles. The van der Waals surface area contributed by atoms with Crippen LogP contribution in [0.4, 0.5) is 0 Å². The number of rotatable bonds is 2. The van der Waals surface area contributed by atoms with Crippen molar-refractivity contribution in [1.29, 1.82) is 0 Å². The minimum absolute atomic E-state index is 0.674. The van der Waals surface area contributed by atoms with E-state index in [1.54, 1.807) is 6.07 Å². The van der Waals surface area contributed by atoms with Crippen LogP contribution in [-0.4, -0.2) is 10.9 Å². The molecule has 0 bridgehead atoms. The molecule has 3 heteroatoms. The van der Waals surface area contributed by atoms with Gasteiger partial charge in [0.05, 0.1) is 5.69 Å². The molecule has 0 aliphatic rings. The first kappa shape index (κ1) is 9.21. The summed E-state index contributed by atoms with van der Waals surface area (Å²) < 4.78 is 2.90. The minimum Gasteiger partial charge on any atom is -0.323 e. The summed E-state index contributed by atoms with van der Waals surface area (Å²) in [5.74, 6) is 0. The number of hydrogen-bond donors (Lipinski definition) is 0. The van der Waals surface area contributed by atoms with E-state index >= 15 is 0 Å². The van der Waals surface area contributed by atoms with Crippen LogP contribution in [0.2, 0.25) is 0 Å². The molecule has 0 saturated carbocycles. The van der Waals surface area contributed by atoms with E-state index in [1.807, 2.05) is 41.2 Å². The average Bonchev–Trinajstić information content (AvgIpc) is 2.70. The van der Waals surface area contributed by atoms with Gasteiger partial charge in [0.25, 0.3) is 0 Å². The normalized spacial score (nSPS) is 10.1. The molecule has 0 fully saturated rings. The molecule has 1 aromatic heterocycles. The Bertz CT molecular complexity index is 448. The molecule has 0 aliphatic carbocycles. The molecule has 70 valence electrons. The van der Waals surface area contributed by atoms with E-state index < -0.39 is 0 Å². The first-order chi connectivity index (χ1) is 6.81. The van der Waals surface area contributed by atoms with Gasteiger partial charge in [-0.1, -0.05) is 0 Å². The number of hydrogen-bond acceptors (Lipinski definition) is 1. The van der Waals surface area contributed by atoms with Crippen LogP contribution in [-0.2, 0) is 0 Å². The summed E-state index contributed by atoms with van der Waals surface area (Å²) in [7, 11) is 0. The van der Waals surface area contributed by atoms with Crippen LogP contribution in [0.1, 0.15) is 10.4 Å². The van der Waals surface area contributed by atoms with Gasteiger partial charge in [-0.15, -0.1) is 0 Å². The predicted octanol–water partition coefficient (Wildman–Crippen LogP) is 3.05. The molecule has 0 N–H and O–H groups in total. The van der Waals surface area contributed by atoms with E-state index in [0.717, 1.165) is 16.4 Å². The molecule has 0 spiro atoms. The van der Waals surface area contributed by atoms with Crippen molar-refractivity contribution in [3.63, 3.8) is 0 Å². The summed E-state index contributed by atoms with van der Waals surface area (Å²) >= 11 is 3.43. The standard InChI is InChI=1S/C11H8BrNO/c12-10-7-9(8-14)3-4-11(10)13-5-1-2-6-13/h1-8H. The van der Waals surface area contributed by atoms with Crippen molar-refractivity contribution in [3.8, 4) is 5.69 Å². The van der Waals surface area contributed by atoms with E-state index in [4.69, 9.17) is 0 Å². The van der Waals surface area contributed by atoms with Gasteiger partial charge in [-0.3, -0.25) is 4.79 Å². The maximum Gasteiger partial charge on any atom is 0.150 e. The Morgan fingerprint density at radius 3 is 2.50 bits per heavy atom. The first-order valence-electron chi connectivity index (χ1n) is 4.19. The van der Waals surface area contributed by atoms with Gasteiger partial charge in [0.15, 0.2) is 0 Å². The van der Waals surface area contributed by atoms with Crippen molar-refractivity contribution in [2.75, 3.05) is 0 Å². The third-order valence-corrected chi connectivity index (χ3v) is 2.63. The topological polar surface area (TPSA) is 22.0 Å². The Balaban J connectivity index is 2.51. The van der Waals surface area contributed by atoms with E-state index in [0.29, 0.717) is 5.56 Å². The Labute approximate surface area is 90.3 Å². The van der Waals surface area contributed by atoms with Gasteiger partial charge in [0.1, 0.15) is 6.29 Å². The summed E-state index contributed by atoms with van der Waals surface area (Å²) in [6.45, 7) is 0. The second kappa shape index (κ2) is 3.80. The minimum atomic E-state index is 0.674. The molecule has 0 unspecified atom stereocenters. The molecule has 0 atom stereocenters. The molecule has 2 aromatic rings. The molecule has 2 rings (SSSR count). The van der Waals surface area contributed by atoms with E-state index in [-0.39, 0.29) is 0 Å². The maximum atomic E-state index is 10.5. The van der Waals surface area contributed by atoms with Crippen molar-refractivity contribution < 1.29 is 4.79 Å². The quantitative estimate of drug-likeness (QED) is 0.751. The predicted molar refractivity (Wildman–Crippen MR) is 58.9 cm³/mol. The SMILES string of the molecule is O=Cc1ccc(-n2cccc2)c(Br)c1. The van der Waals surface area contributed by atoms with E-state index in [9.17, 15) is 4.79 Å². The van der Waals surface area contributed by atoms with Crippen LogP contribution in [0.3, 0.4) is 0 Å². The van der Waals surface area contributed by atoms with Gasteiger partial charge in [-0.05, 0) is 46.3 Å². The van der Waals surface area contributed by atoms with Crippen LogP contribution in [0.25, 0.3) is 5.69 Å². The largest absolute Gasteiger partial charge is 0.323 e. The van der Waals surface area contributed by atoms with Crippen molar-refractivity contribution >= 4 is 22.2 Å². The van der Waals surface area contributed by atoms with E-state index in [2.05, 4.69) is 15.9 Å². The van der Waals surface area contributed by atoms with Crippen LogP contribution < -0.4 is 0 Å². The zero-order valence-electron chi connectivity index (χ0n) is 7.35. The summed E-state index contributed by atoms with van der Waals surface area (Å²) in [5.41, 5.74) is 1.70. The molecular weight excluding hydrogens is 242 g/mol. The molecule has 0 aliphatic heterocycles. The molecular formula is C11H8BrNO. The Hall–Kier alpha value is -1.35. The molecule has 1 aromatic carbocycles. The molecule has 0 radical (unpaired) electrons. The molecule has 0 amide bonds. The highest BCUT2D eigenvalue weighted by atomic mass is 79.9. The van der Waals surface area contributed by atoms with Crippen molar-refractivity contribution in [2.45, 2.75) is 0 Å². The summed E-state index contributed by atoms with van der Waals surface area (Å²) in [6, 6.07) is 9.43. The summed E-state index contributed by atoms with van der Waals surface area (Å²) in [6.07, 6.45) is 4.76. The lowest BCUT2D eigenvalue weighted by molar-refractivity contribution is 0.112. The fraction of sp³-hybridized carbons (Fsp3) is 0. The van der Waals surface area contributed by atoms with Gasteiger partial charge >= 0.3 is 0 Å². The zero-order chi connectivity index (χ0) is 9.97. The van der Waals surface area contributed by atoms with Crippen LogP contribution >= 0.6 is 15.9 Å². The fourth-order valence-corrected chi connectivity index (χ4v) is 1.90. The molecule has 1 heterocycles. The highest BCUT2D eigenvalue weighted by Gasteiger charge is 2.01. The molecule has 14 heavy (non-hydrogen) atoms. The third kappa shape index (κ3) is 1.63. The number of carbonyl (C=O) groups excluding carboxylic acids is 1. The third-order valence-electron chi connectivity index (χ3n) is 1.99. The number of aromatic nitrogens is 1. The van der Waals surface area contributed by atoms with Crippen molar-refractivity contribution in [2.24, 2.45) is 0 Å². The fourth-order valence-electron chi connectivity index (χ4n) is 1.30. The highest BCUT2D eigenvalue weighted by Crippen LogP contribution is 2.21. The van der Waals surface area contributed by atoms with Crippen molar-refractivity contribution in [1.82, 2.24) is 4.57 Å². The van der Waals surface area contributed by atoms with Crippen molar-refractivity contribution in [3.05, 3.63) is 52.8 Å². The number of halogens is 1. The van der Waals surface area contributed by atoms with Crippen LogP contribution in [0.15, 0.2) is 47.2 Å². The number of benzene rings is 1. The van der Waals surface area contributed by atoms with Gasteiger partial charge in [-0.2, -0.15) is 0 Å². The molecule has 2 nitrogen and oxygen atoms in total. The Morgan fingerprint density at radius 1 is 1.21 bits per heavy atom. The van der Waals surface area contributed by atoms with Crippen LogP contribution in [0, 0.1) is 0 Å². The first-order valence-corrected chi connectivity index (χ1v) is 4.98. The van der Waals surface area contributed by atoms with Crippen LogP contribution in [0.5, 0.6) is 0 Å². The number of aldehydes is 1. The Morgan fingerprint density at radius 2 is 1.93 bits per heavy atom. The second-order valence-corrected chi connectivity index (χ2v) is 3.77. The average molecular weight is 250 g/mol. The lowest BCUT2D eigenvalue weighted by atomic mass is 10.2. The highest BCUT2D eigenvalue weighted by molar-refractivity contribution is 9.10. The number of nitrogens with zero attached hydrogens (tertiary/aromatic N) is 1. The van der Waals surface area contributed by atoms with Gasteiger partial charge in [-0.25, -0.2) is 0 Å². The maximum absolute atomic E-state index is 10.5. The Kier molecular flexibility index (Phi) is 2.50. The smallest absolute Gasteiger partial charge is 0.150 e. The van der Waals surface area contributed by atoms with E-state index in [1.165, 1.54) is 0 Å². The zero-order valence-corrected chi connectivity index (χ0v) is 8.94. The van der Waals surface area contributed by atoms with Gasteiger partial charge < -0.3 is 4.57 Å². The second-order valence-electron chi connectivity index (χ2n) is 2.92. The van der Waals surface area contributed by atoms with Gasteiger partial charge in [0.2, 0.25) is 0 Å². The lowest BCUT2D eigenvalue weighted by Crippen LogP contribution is -1.92. The van der Waals surface area contributed by atoms with Gasteiger partial charge in [0, 0.05) is 22.4 Å².